The summed E-state index contributed by atoms with van der Waals surface area (Å²) in [6, 6.07) is 5.83. The van der Waals surface area contributed by atoms with Crippen molar-refractivity contribution in [2.75, 3.05) is 5.32 Å². The average molecular weight is 301 g/mol. The van der Waals surface area contributed by atoms with Crippen molar-refractivity contribution in [1.29, 1.82) is 5.26 Å². The summed E-state index contributed by atoms with van der Waals surface area (Å²) < 4.78 is 5.27. The second kappa shape index (κ2) is 5.70. The molecule has 0 atom stereocenters. The quantitative estimate of drug-likeness (QED) is 0.934. The van der Waals surface area contributed by atoms with Gasteiger partial charge in [0.1, 0.15) is 11.1 Å². The van der Waals surface area contributed by atoms with E-state index in [4.69, 9.17) is 4.42 Å². The van der Waals surface area contributed by atoms with Crippen molar-refractivity contribution in [1.82, 2.24) is 4.98 Å². The van der Waals surface area contributed by atoms with E-state index in [1.165, 1.54) is 11.3 Å². The maximum absolute atomic E-state index is 12.4. The highest BCUT2D eigenvalue weighted by atomic mass is 32.1. The molecule has 0 spiro atoms. The van der Waals surface area contributed by atoms with Gasteiger partial charge < -0.3 is 9.73 Å². The number of hydrogen-bond donors (Lipinski definition) is 1. The molecule has 1 aliphatic carbocycles. The Morgan fingerprint density at radius 3 is 2.90 bits per heavy atom. The van der Waals surface area contributed by atoms with Crippen LogP contribution in [0.5, 0.6) is 0 Å². The lowest BCUT2D eigenvalue weighted by molar-refractivity contribution is -0.124. The van der Waals surface area contributed by atoms with Gasteiger partial charge in [0.15, 0.2) is 10.9 Å². The topological polar surface area (TPSA) is 78.9 Å². The van der Waals surface area contributed by atoms with Gasteiger partial charge in [0.25, 0.3) is 0 Å². The van der Waals surface area contributed by atoms with E-state index < -0.39 is 5.41 Å². The van der Waals surface area contributed by atoms with Gasteiger partial charge in [-0.3, -0.25) is 4.79 Å². The molecule has 0 aromatic carbocycles. The van der Waals surface area contributed by atoms with Crippen LogP contribution in [0.1, 0.15) is 32.1 Å². The Morgan fingerprint density at radius 1 is 1.43 bits per heavy atom. The fourth-order valence-electron chi connectivity index (χ4n) is 2.63. The number of anilines is 1. The molecule has 1 aliphatic rings. The zero-order chi connectivity index (χ0) is 14.7. The van der Waals surface area contributed by atoms with Crippen LogP contribution < -0.4 is 5.32 Å². The predicted molar refractivity (Wildman–Crippen MR) is 79.6 cm³/mol. The first kappa shape index (κ1) is 13.8. The average Bonchev–Trinajstić information content (AvgIpc) is 3.18. The van der Waals surface area contributed by atoms with E-state index in [1.54, 1.807) is 12.3 Å². The Labute approximate surface area is 126 Å². The van der Waals surface area contributed by atoms with E-state index in [-0.39, 0.29) is 5.91 Å². The number of nitrogens with zero attached hydrogens (tertiary/aromatic N) is 2. The molecule has 1 saturated carbocycles. The van der Waals surface area contributed by atoms with Crippen LogP contribution in [0.3, 0.4) is 0 Å². The summed E-state index contributed by atoms with van der Waals surface area (Å²) in [4.78, 5) is 16.8. The van der Waals surface area contributed by atoms with Crippen molar-refractivity contribution < 1.29 is 9.21 Å². The highest BCUT2D eigenvalue weighted by molar-refractivity contribution is 7.14. The number of rotatable bonds is 3. The summed E-state index contributed by atoms with van der Waals surface area (Å²) in [7, 11) is 0. The Bertz CT molecular complexity index is 663. The maximum atomic E-state index is 12.4. The Morgan fingerprint density at radius 2 is 2.24 bits per heavy atom. The molecule has 0 bridgehead atoms. The molecule has 2 aromatic rings. The number of carbonyl (C=O) groups is 1. The largest absolute Gasteiger partial charge is 0.463 e. The predicted octanol–water partition coefficient (Wildman–Crippen LogP) is 3.82. The minimum absolute atomic E-state index is 0.231. The minimum atomic E-state index is -0.894. The lowest BCUT2D eigenvalue weighted by Gasteiger charge is -2.28. The van der Waals surface area contributed by atoms with Crippen LogP contribution in [-0.4, -0.2) is 10.9 Å². The lowest BCUT2D eigenvalue weighted by atomic mass is 9.74. The fourth-order valence-corrected chi connectivity index (χ4v) is 3.33. The van der Waals surface area contributed by atoms with Gasteiger partial charge in [0.2, 0.25) is 5.91 Å². The third kappa shape index (κ3) is 2.69. The van der Waals surface area contributed by atoms with E-state index in [0.717, 1.165) is 19.3 Å². The molecule has 21 heavy (non-hydrogen) atoms. The van der Waals surface area contributed by atoms with E-state index in [1.807, 2.05) is 11.4 Å². The molecule has 108 valence electrons. The summed E-state index contributed by atoms with van der Waals surface area (Å²) in [5.41, 5.74) is -0.204. The van der Waals surface area contributed by atoms with Gasteiger partial charge in [-0.15, -0.1) is 11.3 Å². The van der Waals surface area contributed by atoms with Gasteiger partial charge in [0.05, 0.1) is 12.3 Å². The molecule has 0 saturated heterocycles. The highest BCUT2D eigenvalue weighted by Crippen LogP contribution is 2.37. The molecule has 0 radical (unpaired) electrons. The Kier molecular flexibility index (Phi) is 3.76. The number of nitriles is 1. The number of aromatic nitrogens is 1. The van der Waals surface area contributed by atoms with Crippen LogP contribution >= 0.6 is 11.3 Å². The van der Waals surface area contributed by atoms with Gasteiger partial charge in [-0.2, -0.15) is 5.26 Å². The molecule has 0 aliphatic heterocycles. The first-order valence-corrected chi connectivity index (χ1v) is 7.84. The van der Waals surface area contributed by atoms with Crippen molar-refractivity contribution in [3.63, 3.8) is 0 Å². The van der Waals surface area contributed by atoms with Crippen LogP contribution in [-0.2, 0) is 4.79 Å². The van der Waals surface area contributed by atoms with Crippen LogP contribution in [0.4, 0.5) is 5.13 Å². The Balaban J connectivity index is 1.74. The van der Waals surface area contributed by atoms with E-state index >= 15 is 0 Å². The summed E-state index contributed by atoms with van der Waals surface area (Å²) >= 11 is 1.34. The fraction of sp³-hybridized carbons (Fsp3) is 0.400. The molecule has 1 N–H and O–H groups in total. The highest BCUT2D eigenvalue weighted by Gasteiger charge is 2.40. The summed E-state index contributed by atoms with van der Waals surface area (Å²) in [5.74, 6) is 0.435. The van der Waals surface area contributed by atoms with Crippen molar-refractivity contribution in [2.45, 2.75) is 32.1 Å². The van der Waals surface area contributed by atoms with Crippen LogP contribution in [0.2, 0.25) is 0 Å². The first-order chi connectivity index (χ1) is 10.2. The molecular formula is C15H15N3O2S. The van der Waals surface area contributed by atoms with Crippen molar-refractivity contribution in [3.05, 3.63) is 23.8 Å². The number of hydrogen-bond acceptors (Lipinski definition) is 5. The number of carbonyl (C=O) groups excluding carboxylic acids is 1. The van der Waals surface area contributed by atoms with E-state index in [0.29, 0.717) is 29.4 Å². The number of furan rings is 1. The standard InChI is InChI=1S/C15H15N3O2S/c16-10-15(6-2-1-3-7-15)13(19)18-14-17-11(9-21-14)12-5-4-8-20-12/h4-5,8-9H,1-3,6-7H2,(H,17,18,19). The van der Waals surface area contributed by atoms with Crippen molar-refractivity contribution >= 4 is 22.4 Å². The molecule has 6 heteroatoms. The van der Waals surface area contributed by atoms with Crippen molar-refractivity contribution in [3.8, 4) is 17.5 Å². The minimum Gasteiger partial charge on any atom is -0.463 e. The first-order valence-electron chi connectivity index (χ1n) is 6.96. The van der Waals surface area contributed by atoms with Gasteiger partial charge in [-0.25, -0.2) is 4.98 Å². The molecule has 0 unspecified atom stereocenters. The number of amides is 1. The van der Waals surface area contributed by atoms with Crippen LogP contribution in [0.25, 0.3) is 11.5 Å². The molecule has 1 fully saturated rings. The molecule has 1 amide bonds. The zero-order valence-corrected chi connectivity index (χ0v) is 12.3. The normalized spacial score (nSPS) is 17.1. The number of thiazole rings is 1. The van der Waals surface area contributed by atoms with Gasteiger partial charge in [0, 0.05) is 5.38 Å². The maximum Gasteiger partial charge on any atom is 0.246 e. The zero-order valence-electron chi connectivity index (χ0n) is 11.5. The molecule has 3 rings (SSSR count). The second-order valence-electron chi connectivity index (χ2n) is 5.22. The smallest absolute Gasteiger partial charge is 0.246 e. The van der Waals surface area contributed by atoms with Crippen LogP contribution in [0, 0.1) is 16.7 Å². The van der Waals surface area contributed by atoms with Gasteiger partial charge in [-0.1, -0.05) is 19.3 Å². The van der Waals surface area contributed by atoms with Gasteiger partial charge >= 0.3 is 0 Å². The Hall–Kier alpha value is -2.13. The van der Waals surface area contributed by atoms with Crippen LogP contribution in [0.15, 0.2) is 28.2 Å². The second-order valence-corrected chi connectivity index (χ2v) is 6.08. The summed E-state index contributed by atoms with van der Waals surface area (Å²) in [5, 5.41) is 14.5. The summed E-state index contributed by atoms with van der Waals surface area (Å²) in [6.45, 7) is 0. The summed E-state index contributed by atoms with van der Waals surface area (Å²) in [6.07, 6.45) is 5.79. The number of nitrogens with one attached hydrogen (secondary N) is 1. The van der Waals surface area contributed by atoms with Gasteiger partial charge in [-0.05, 0) is 25.0 Å². The van der Waals surface area contributed by atoms with E-state index in [2.05, 4.69) is 16.4 Å². The van der Waals surface area contributed by atoms with Crippen molar-refractivity contribution in [2.24, 2.45) is 5.41 Å². The molecular weight excluding hydrogens is 286 g/mol. The SMILES string of the molecule is N#CC1(C(=O)Nc2nc(-c3ccco3)cs2)CCCCC1. The lowest BCUT2D eigenvalue weighted by Crippen LogP contribution is -2.36. The third-order valence-electron chi connectivity index (χ3n) is 3.85. The molecule has 5 nitrogen and oxygen atoms in total. The monoisotopic (exact) mass is 301 g/mol. The third-order valence-corrected chi connectivity index (χ3v) is 4.61. The molecule has 2 heterocycles. The van der Waals surface area contributed by atoms with E-state index in [9.17, 15) is 10.1 Å². The molecule has 2 aromatic heterocycles.